The second kappa shape index (κ2) is 8.02. The molecule has 28 heavy (non-hydrogen) atoms. The lowest BCUT2D eigenvalue weighted by atomic mass is 9.67. The summed E-state index contributed by atoms with van der Waals surface area (Å²) in [6.45, 7) is 8.85. The summed E-state index contributed by atoms with van der Waals surface area (Å²) in [6.07, 6.45) is 0.583. The third-order valence-electron chi connectivity index (χ3n) is 5.59. The molecule has 1 heterocycles. The van der Waals surface area contributed by atoms with Crippen LogP contribution >= 0.6 is 0 Å². The van der Waals surface area contributed by atoms with Gasteiger partial charge in [-0.25, -0.2) is 4.79 Å². The summed E-state index contributed by atoms with van der Waals surface area (Å²) in [7, 11) is 1.59. The van der Waals surface area contributed by atoms with E-state index in [9.17, 15) is 9.90 Å². The molecule has 0 radical (unpaired) electrons. The summed E-state index contributed by atoms with van der Waals surface area (Å²) in [5, 5.41) is 19.4. The van der Waals surface area contributed by atoms with Crippen molar-refractivity contribution in [1.29, 1.82) is 0 Å². The van der Waals surface area contributed by atoms with Gasteiger partial charge in [0.2, 0.25) is 0 Å². The van der Waals surface area contributed by atoms with Crippen molar-refractivity contribution >= 4 is 5.97 Å². The number of aliphatic hydroxyl groups excluding tert-OH is 2. The molecular formula is C21H24N2O5+2. The second-order valence-corrected chi connectivity index (χ2v) is 7.18. The van der Waals surface area contributed by atoms with Crippen molar-refractivity contribution in [2.45, 2.75) is 43.4 Å². The summed E-state index contributed by atoms with van der Waals surface area (Å²) in [4.78, 5) is 20.2. The van der Waals surface area contributed by atoms with Crippen LogP contribution in [-0.4, -0.2) is 47.6 Å². The first-order valence-electron chi connectivity index (χ1n) is 9.17. The van der Waals surface area contributed by atoms with E-state index < -0.39 is 36.2 Å². The molecule has 1 aromatic rings. The molecule has 1 saturated carbocycles. The Kier molecular flexibility index (Phi) is 5.69. The molecule has 1 aromatic carbocycles. The number of hydrogen-bond donors (Lipinski definition) is 2. The Balaban J connectivity index is 2.05. The van der Waals surface area contributed by atoms with E-state index in [0.29, 0.717) is 37.1 Å². The lowest BCUT2D eigenvalue weighted by Gasteiger charge is -2.36. The predicted octanol–water partition coefficient (Wildman–Crippen LogP) is 2.21. The van der Waals surface area contributed by atoms with Crippen molar-refractivity contribution in [3.8, 4) is 18.4 Å². The topological polar surface area (TPSA) is 84.7 Å². The van der Waals surface area contributed by atoms with Gasteiger partial charge in [0.15, 0.2) is 0 Å². The molecule has 2 aliphatic rings. The molecular weight excluding hydrogens is 360 g/mol. The molecule has 2 N–H and O–H groups in total. The lowest BCUT2D eigenvalue weighted by molar-refractivity contribution is -0.160. The number of hydrogen-bond acceptors (Lipinski definition) is 5. The van der Waals surface area contributed by atoms with Gasteiger partial charge in [-0.1, -0.05) is 10.9 Å². The van der Waals surface area contributed by atoms with Gasteiger partial charge in [-0.2, -0.15) is 0 Å². The van der Waals surface area contributed by atoms with Crippen molar-refractivity contribution in [3.63, 3.8) is 0 Å². The number of aliphatic hydroxyl groups is 2. The molecule has 0 spiro atoms. The van der Waals surface area contributed by atoms with Gasteiger partial charge in [0.25, 0.3) is 6.57 Å². The molecule has 0 aromatic heterocycles. The minimum absolute atomic E-state index is 0.325. The zero-order valence-electron chi connectivity index (χ0n) is 15.8. The van der Waals surface area contributed by atoms with Crippen molar-refractivity contribution < 1.29 is 24.5 Å². The summed E-state index contributed by atoms with van der Waals surface area (Å²) in [5.74, 6) is -0.431. The van der Waals surface area contributed by atoms with Crippen molar-refractivity contribution in [2.75, 3.05) is 13.7 Å². The number of esters is 1. The molecule has 0 saturated heterocycles. The fourth-order valence-corrected chi connectivity index (χ4v) is 4.11. The van der Waals surface area contributed by atoms with Crippen LogP contribution in [-0.2, 0) is 16.0 Å². The highest BCUT2D eigenvalue weighted by Gasteiger charge is 2.64. The summed E-state index contributed by atoms with van der Waals surface area (Å²) >= 11 is 0. The molecule has 146 valence electrons. The van der Waals surface area contributed by atoms with Crippen molar-refractivity contribution in [3.05, 3.63) is 51.3 Å². The van der Waals surface area contributed by atoms with E-state index in [4.69, 9.17) is 21.2 Å². The number of carbonyl (C=O) groups excluding carboxylic acids is 1. The lowest BCUT2D eigenvalue weighted by Crippen LogP contribution is -2.50. The van der Waals surface area contributed by atoms with Crippen LogP contribution in [0.1, 0.15) is 30.4 Å². The normalized spacial score (nSPS) is 28.1. The van der Waals surface area contributed by atoms with Crippen LogP contribution in [0.25, 0.3) is 9.69 Å². The van der Waals surface area contributed by atoms with Crippen LogP contribution in [0.2, 0.25) is 0 Å². The van der Waals surface area contributed by atoms with Crippen LogP contribution in [0.15, 0.2) is 30.5 Å². The Morgan fingerprint density at radius 2 is 2.29 bits per heavy atom. The number of nitrogens with zero attached hydrogens (tertiary/aromatic N) is 2. The molecule has 1 aliphatic carbocycles. The molecule has 0 bridgehead atoms. The van der Waals surface area contributed by atoms with Gasteiger partial charge >= 0.3 is 23.3 Å². The van der Waals surface area contributed by atoms with Crippen LogP contribution in [0.5, 0.6) is 5.75 Å². The number of ether oxygens (including phenoxy) is 2. The highest BCUT2D eigenvalue weighted by molar-refractivity contribution is 5.70. The van der Waals surface area contributed by atoms with Gasteiger partial charge in [0, 0.05) is 6.07 Å². The van der Waals surface area contributed by atoms with Gasteiger partial charge in [-0.05, 0) is 42.3 Å². The average molecular weight is 384 g/mol. The smallest absolute Gasteiger partial charge is 0.399 e. The van der Waals surface area contributed by atoms with Crippen LogP contribution in [0.4, 0.5) is 0 Å². The van der Waals surface area contributed by atoms with E-state index in [1.165, 1.54) is 0 Å². The number of methoxy groups -OCH3 is 1. The molecule has 4 unspecified atom stereocenters. The molecule has 4 atom stereocenters. The quantitative estimate of drug-likeness (QED) is 0.761. The first kappa shape index (κ1) is 19.9. The number of rotatable bonds is 5. The largest absolute Gasteiger partial charge is 0.497 e. The fraction of sp³-hybridized carbons (Fsp3) is 0.476. The maximum absolute atomic E-state index is 11.7. The van der Waals surface area contributed by atoms with E-state index in [1.54, 1.807) is 7.11 Å². The Morgan fingerprint density at radius 3 is 2.96 bits per heavy atom. The van der Waals surface area contributed by atoms with Crippen LogP contribution < -0.4 is 4.74 Å². The summed E-state index contributed by atoms with van der Waals surface area (Å²) in [6, 6.07) is 8.64. The third kappa shape index (κ3) is 3.60. The first-order chi connectivity index (χ1) is 13.4. The second-order valence-electron chi connectivity index (χ2n) is 7.18. The van der Waals surface area contributed by atoms with E-state index >= 15 is 0 Å². The Hall–Kier alpha value is -2.87. The standard InChI is InChI=1S/C21H24N2O5/c1-13(22-2)21(10-14-4-6-17(27-3)8-15(14)11-23-21)18-9-16(25)5-7-19(18)28-20(26)12-24/h2,4,6,8,16,18-19,24-25H,1,5,7,9-10,12H2,3H3/q+2. The van der Waals surface area contributed by atoms with Crippen LogP contribution in [0.3, 0.4) is 0 Å². The van der Waals surface area contributed by atoms with E-state index in [-0.39, 0.29) is 0 Å². The van der Waals surface area contributed by atoms with E-state index in [0.717, 1.165) is 11.1 Å². The molecule has 3 rings (SSSR count). The van der Waals surface area contributed by atoms with Gasteiger partial charge in [0.05, 0.1) is 25.6 Å². The Bertz CT molecular complexity index is 894. The molecule has 0 amide bonds. The zero-order valence-corrected chi connectivity index (χ0v) is 15.8. The molecule has 7 heteroatoms. The molecule has 1 aliphatic heterocycles. The first-order valence-corrected chi connectivity index (χ1v) is 9.17. The molecule has 7 nitrogen and oxygen atoms in total. The van der Waals surface area contributed by atoms with Gasteiger partial charge in [-0.15, -0.1) is 0 Å². The van der Waals surface area contributed by atoms with Crippen molar-refractivity contribution in [1.82, 2.24) is 0 Å². The number of benzene rings is 1. The maximum atomic E-state index is 11.7. The minimum atomic E-state index is -1.00. The van der Waals surface area contributed by atoms with Gasteiger partial charge in [0.1, 0.15) is 24.0 Å². The minimum Gasteiger partial charge on any atom is -0.497 e. The third-order valence-corrected chi connectivity index (χ3v) is 5.59. The van der Waals surface area contributed by atoms with E-state index in [1.807, 2.05) is 18.2 Å². The Morgan fingerprint density at radius 1 is 1.50 bits per heavy atom. The number of carbonyl (C=O) groups is 1. The summed E-state index contributed by atoms with van der Waals surface area (Å²) < 4.78 is 10.7. The zero-order chi connectivity index (χ0) is 20.3. The fourth-order valence-electron chi connectivity index (χ4n) is 4.11. The monoisotopic (exact) mass is 384 g/mol. The summed E-state index contributed by atoms with van der Waals surface area (Å²) in [5.41, 5.74) is 1.07. The van der Waals surface area contributed by atoms with Crippen molar-refractivity contribution in [2.24, 2.45) is 5.92 Å². The van der Waals surface area contributed by atoms with Gasteiger partial charge in [-0.3, -0.25) is 0 Å². The maximum Gasteiger partial charge on any atom is 0.399 e. The van der Waals surface area contributed by atoms with Crippen LogP contribution in [0, 0.1) is 18.6 Å². The highest BCUT2D eigenvalue weighted by atomic mass is 16.6. The highest BCUT2D eigenvalue weighted by Crippen LogP contribution is 2.45. The average Bonchev–Trinajstić information content (AvgIpc) is 2.73. The van der Waals surface area contributed by atoms with Gasteiger partial charge < -0.3 is 19.7 Å². The Labute approximate surface area is 163 Å². The predicted molar refractivity (Wildman–Crippen MR) is 104 cm³/mol. The SMILES string of the molecule is C#[N+]C(=C)C1(C2CC(O)CCC2OC(=O)CO)Cc2ccc(OC)cc2C#[N+]1. The van der Waals surface area contributed by atoms with E-state index in [2.05, 4.69) is 22.3 Å². The molecule has 1 fully saturated rings. The number of fused-ring (bicyclic) bond motifs is 1.